The summed E-state index contributed by atoms with van der Waals surface area (Å²) in [6.07, 6.45) is 7.05. The molecule has 2 unspecified atom stereocenters. The summed E-state index contributed by atoms with van der Waals surface area (Å²) >= 11 is 0. The fourth-order valence-electron chi connectivity index (χ4n) is 4.72. The van der Waals surface area contributed by atoms with Crippen LogP contribution in [0.2, 0.25) is 0 Å². The first-order chi connectivity index (χ1) is 12.6. The summed E-state index contributed by atoms with van der Waals surface area (Å²) in [4.78, 5) is 20.5. The number of aryl methyl sites for hydroxylation is 2. The third kappa shape index (κ3) is 2.54. The molecule has 0 aromatic carbocycles. The Bertz CT molecular complexity index is 868. The second-order valence-electron chi connectivity index (χ2n) is 8.04. The first-order valence-electron chi connectivity index (χ1n) is 9.90. The van der Waals surface area contributed by atoms with Crippen LogP contribution in [0, 0.1) is 6.92 Å². The molecule has 26 heavy (non-hydrogen) atoms. The molecule has 2 aromatic heterocycles. The van der Waals surface area contributed by atoms with Gasteiger partial charge in [-0.05, 0) is 38.7 Å². The predicted molar refractivity (Wildman–Crippen MR) is 98.3 cm³/mol. The molecular formula is C20H26N4O2. The van der Waals surface area contributed by atoms with Crippen molar-refractivity contribution in [1.82, 2.24) is 19.7 Å². The normalized spacial score (nSPS) is 26.2. The minimum Gasteiger partial charge on any atom is -0.374 e. The number of hydrogen-bond acceptors (Lipinski definition) is 4. The number of morpholine rings is 1. The zero-order valence-electron chi connectivity index (χ0n) is 15.6. The molecular weight excluding hydrogens is 328 g/mol. The number of aromatic nitrogens is 3. The van der Waals surface area contributed by atoms with Gasteiger partial charge in [0.1, 0.15) is 0 Å². The number of fused-ring (bicyclic) bond motifs is 2. The first-order valence-corrected chi connectivity index (χ1v) is 9.90. The highest BCUT2D eigenvalue weighted by Gasteiger charge is 2.38. The molecule has 2 aromatic rings. The number of hydrogen-bond donors (Lipinski definition) is 0. The van der Waals surface area contributed by atoms with Gasteiger partial charge in [-0.3, -0.25) is 9.48 Å². The van der Waals surface area contributed by atoms with Crippen LogP contribution in [0.25, 0.3) is 11.0 Å². The van der Waals surface area contributed by atoms with Crippen molar-refractivity contribution >= 4 is 16.9 Å². The summed E-state index contributed by atoms with van der Waals surface area (Å²) in [5.74, 6) is 0.642. The maximum atomic E-state index is 13.6. The number of rotatable bonds is 2. The Labute approximate surface area is 153 Å². The third-order valence-electron chi connectivity index (χ3n) is 6.21. The van der Waals surface area contributed by atoms with E-state index in [2.05, 4.69) is 10.00 Å². The van der Waals surface area contributed by atoms with E-state index in [0.717, 1.165) is 40.8 Å². The van der Waals surface area contributed by atoms with Crippen LogP contribution in [0.1, 0.15) is 66.2 Å². The molecule has 3 heterocycles. The summed E-state index contributed by atoms with van der Waals surface area (Å²) in [5, 5.41) is 5.46. The fourth-order valence-corrected chi connectivity index (χ4v) is 4.72. The number of ether oxygens (including phenoxy) is 1. The largest absolute Gasteiger partial charge is 0.374 e. The Kier molecular flexibility index (Phi) is 3.78. The number of carbonyl (C=O) groups excluding carboxylic acids is 1. The highest BCUT2D eigenvalue weighted by atomic mass is 16.5. The Balaban J connectivity index is 1.60. The van der Waals surface area contributed by atoms with Gasteiger partial charge >= 0.3 is 0 Å². The zero-order valence-corrected chi connectivity index (χ0v) is 15.6. The van der Waals surface area contributed by atoms with Crippen LogP contribution in [0.15, 0.2) is 6.07 Å². The van der Waals surface area contributed by atoms with Gasteiger partial charge in [-0.25, -0.2) is 4.98 Å². The van der Waals surface area contributed by atoms with E-state index in [1.54, 1.807) is 0 Å². The standard InChI is InChI=1S/C20H26N4O2/c1-12-18-14(11-15(13-7-8-13)21-19(18)23(2)22-12)20(25)24-9-10-26-17-6-4-3-5-16(17)24/h11,13,16-17H,3-10H2,1-2H3. The molecule has 3 fully saturated rings. The fraction of sp³-hybridized carbons (Fsp3) is 0.650. The van der Waals surface area contributed by atoms with Crippen molar-refractivity contribution in [3.05, 3.63) is 23.0 Å². The number of pyridine rings is 1. The summed E-state index contributed by atoms with van der Waals surface area (Å²) in [6.45, 7) is 3.30. The lowest BCUT2D eigenvalue weighted by molar-refractivity contribution is -0.0752. The average Bonchev–Trinajstić information content (AvgIpc) is 3.47. The quantitative estimate of drug-likeness (QED) is 0.832. The second-order valence-corrected chi connectivity index (χ2v) is 8.04. The van der Waals surface area contributed by atoms with Crippen LogP contribution < -0.4 is 0 Å². The van der Waals surface area contributed by atoms with E-state index < -0.39 is 0 Å². The molecule has 3 aliphatic rings. The minimum absolute atomic E-state index is 0.135. The van der Waals surface area contributed by atoms with Crippen LogP contribution >= 0.6 is 0 Å². The van der Waals surface area contributed by atoms with Gasteiger partial charge in [-0.1, -0.05) is 12.8 Å². The van der Waals surface area contributed by atoms with E-state index in [1.165, 1.54) is 25.7 Å². The number of amides is 1. The van der Waals surface area contributed by atoms with E-state index in [1.807, 2.05) is 24.7 Å². The molecule has 5 rings (SSSR count). The van der Waals surface area contributed by atoms with E-state index in [9.17, 15) is 4.79 Å². The maximum absolute atomic E-state index is 13.6. The van der Waals surface area contributed by atoms with E-state index >= 15 is 0 Å². The molecule has 0 radical (unpaired) electrons. The highest BCUT2D eigenvalue weighted by Crippen LogP contribution is 2.41. The Morgan fingerprint density at radius 3 is 2.85 bits per heavy atom. The lowest BCUT2D eigenvalue weighted by atomic mass is 9.89. The van der Waals surface area contributed by atoms with E-state index in [-0.39, 0.29) is 18.1 Å². The van der Waals surface area contributed by atoms with Gasteiger partial charge < -0.3 is 9.64 Å². The molecule has 6 heteroatoms. The van der Waals surface area contributed by atoms with Crippen molar-refractivity contribution in [3.63, 3.8) is 0 Å². The maximum Gasteiger partial charge on any atom is 0.255 e. The van der Waals surface area contributed by atoms with Gasteiger partial charge in [0, 0.05) is 25.2 Å². The summed E-state index contributed by atoms with van der Waals surface area (Å²) in [5.41, 5.74) is 3.56. The first kappa shape index (κ1) is 16.2. The second kappa shape index (κ2) is 6.05. The summed E-state index contributed by atoms with van der Waals surface area (Å²) in [6, 6.07) is 2.26. The number of carbonyl (C=O) groups is 1. The van der Waals surface area contributed by atoms with Crippen LogP contribution in [0.5, 0.6) is 0 Å². The van der Waals surface area contributed by atoms with Crippen molar-refractivity contribution in [1.29, 1.82) is 0 Å². The van der Waals surface area contributed by atoms with E-state index in [0.29, 0.717) is 19.1 Å². The summed E-state index contributed by atoms with van der Waals surface area (Å²) < 4.78 is 7.78. The summed E-state index contributed by atoms with van der Waals surface area (Å²) in [7, 11) is 1.92. The average molecular weight is 354 g/mol. The van der Waals surface area contributed by atoms with Gasteiger partial charge in [0.05, 0.1) is 35.4 Å². The van der Waals surface area contributed by atoms with Crippen molar-refractivity contribution < 1.29 is 9.53 Å². The Hall–Kier alpha value is -1.95. The monoisotopic (exact) mass is 354 g/mol. The van der Waals surface area contributed by atoms with Gasteiger partial charge in [-0.2, -0.15) is 5.10 Å². The van der Waals surface area contributed by atoms with Crippen molar-refractivity contribution in [2.45, 2.75) is 63.5 Å². The molecule has 6 nitrogen and oxygen atoms in total. The molecule has 0 N–H and O–H groups in total. The highest BCUT2D eigenvalue weighted by molar-refractivity contribution is 6.06. The molecule has 138 valence electrons. The van der Waals surface area contributed by atoms with Crippen molar-refractivity contribution in [2.24, 2.45) is 7.05 Å². The predicted octanol–water partition coefficient (Wildman–Crippen LogP) is 2.94. The zero-order chi connectivity index (χ0) is 17.8. The lowest BCUT2D eigenvalue weighted by Gasteiger charge is -2.43. The third-order valence-corrected chi connectivity index (χ3v) is 6.21. The SMILES string of the molecule is Cc1nn(C)c2nc(C3CC3)cc(C(=O)N3CCOC4CCCCC43)c12. The molecule has 2 atom stereocenters. The van der Waals surface area contributed by atoms with Crippen molar-refractivity contribution in [2.75, 3.05) is 13.2 Å². The number of nitrogens with zero attached hydrogens (tertiary/aromatic N) is 4. The van der Waals surface area contributed by atoms with Gasteiger partial charge in [0.25, 0.3) is 5.91 Å². The van der Waals surface area contributed by atoms with Gasteiger partial charge in [0.15, 0.2) is 5.65 Å². The van der Waals surface area contributed by atoms with Crippen molar-refractivity contribution in [3.8, 4) is 0 Å². The Morgan fingerprint density at radius 1 is 1.23 bits per heavy atom. The Morgan fingerprint density at radius 2 is 2.04 bits per heavy atom. The van der Waals surface area contributed by atoms with Gasteiger partial charge in [-0.15, -0.1) is 0 Å². The van der Waals surface area contributed by atoms with Crippen LogP contribution in [0.3, 0.4) is 0 Å². The molecule has 1 aliphatic heterocycles. The van der Waals surface area contributed by atoms with Crippen LogP contribution in [-0.2, 0) is 11.8 Å². The smallest absolute Gasteiger partial charge is 0.255 e. The molecule has 1 amide bonds. The topological polar surface area (TPSA) is 60.2 Å². The van der Waals surface area contributed by atoms with E-state index in [4.69, 9.17) is 9.72 Å². The molecule has 2 saturated carbocycles. The molecule has 0 spiro atoms. The minimum atomic E-state index is 0.135. The molecule has 2 aliphatic carbocycles. The lowest BCUT2D eigenvalue weighted by Crippen LogP contribution is -2.54. The molecule has 0 bridgehead atoms. The molecule has 1 saturated heterocycles. The van der Waals surface area contributed by atoms with Gasteiger partial charge in [0.2, 0.25) is 0 Å². The van der Waals surface area contributed by atoms with Crippen LogP contribution in [-0.4, -0.2) is 50.9 Å². The van der Waals surface area contributed by atoms with Crippen LogP contribution in [0.4, 0.5) is 0 Å².